The van der Waals surface area contributed by atoms with Crippen molar-refractivity contribution >= 4 is 11.6 Å². The van der Waals surface area contributed by atoms with E-state index in [-0.39, 0.29) is 6.04 Å². The lowest BCUT2D eigenvalue weighted by molar-refractivity contribution is 0.441. The van der Waals surface area contributed by atoms with Crippen molar-refractivity contribution in [3.63, 3.8) is 0 Å². The molecule has 3 aromatic rings. The van der Waals surface area contributed by atoms with Gasteiger partial charge in [-0.1, -0.05) is 6.07 Å². The molecule has 3 heterocycles. The van der Waals surface area contributed by atoms with Crippen molar-refractivity contribution in [2.45, 2.75) is 32.7 Å². The second kappa shape index (κ2) is 7.83. The molecule has 0 aliphatic rings. The van der Waals surface area contributed by atoms with Gasteiger partial charge >= 0.3 is 0 Å². The molecule has 25 heavy (non-hydrogen) atoms. The second-order valence-electron chi connectivity index (χ2n) is 5.96. The number of pyridine rings is 1. The summed E-state index contributed by atoms with van der Waals surface area (Å²) in [4.78, 5) is 4.26. The zero-order chi connectivity index (χ0) is 17.6. The number of aryl methyl sites for hydroxylation is 2. The number of guanidine groups is 1. The van der Waals surface area contributed by atoms with Crippen LogP contribution in [0.15, 0.2) is 45.9 Å². The van der Waals surface area contributed by atoms with E-state index in [4.69, 9.17) is 4.42 Å². The molecule has 1 atom stereocenters. The highest BCUT2D eigenvalue weighted by atomic mass is 16.3. The molecule has 3 rings (SSSR count). The average Bonchev–Trinajstić information content (AvgIpc) is 3.24. The Morgan fingerprint density at radius 1 is 1.28 bits per heavy atom. The summed E-state index contributed by atoms with van der Waals surface area (Å²) in [5.74, 6) is 3.54. The number of nitrogens with zero attached hydrogens (tertiary/aromatic N) is 4. The van der Waals surface area contributed by atoms with Crippen molar-refractivity contribution in [3.05, 3.63) is 53.9 Å². The molecular formula is C18H24N6O. The summed E-state index contributed by atoms with van der Waals surface area (Å²) in [5.41, 5.74) is 0.880. The van der Waals surface area contributed by atoms with Crippen molar-refractivity contribution < 1.29 is 4.42 Å². The lowest BCUT2D eigenvalue weighted by Crippen LogP contribution is -2.39. The predicted octanol–water partition coefficient (Wildman–Crippen LogP) is 2.49. The molecule has 2 N–H and O–H groups in total. The van der Waals surface area contributed by atoms with Crippen LogP contribution in [0.3, 0.4) is 0 Å². The number of fused-ring (bicyclic) bond motifs is 1. The molecule has 0 bridgehead atoms. The van der Waals surface area contributed by atoms with Gasteiger partial charge in [0.05, 0.1) is 6.04 Å². The number of furan rings is 1. The molecule has 0 saturated heterocycles. The molecule has 1 unspecified atom stereocenters. The fourth-order valence-electron chi connectivity index (χ4n) is 2.67. The quantitative estimate of drug-likeness (QED) is 0.409. The van der Waals surface area contributed by atoms with Gasteiger partial charge in [-0.05, 0) is 44.5 Å². The first kappa shape index (κ1) is 17.0. The molecule has 0 saturated carbocycles. The van der Waals surface area contributed by atoms with Gasteiger partial charge in [0.25, 0.3) is 0 Å². The maximum atomic E-state index is 5.64. The maximum Gasteiger partial charge on any atom is 0.191 e. The topological polar surface area (TPSA) is 79.8 Å². The van der Waals surface area contributed by atoms with Crippen LogP contribution in [0.25, 0.3) is 5.65 Å². The van der Waals surface area contributed by atoms with Gasteiger partial charge in [0, 0.05) is 26.2 Å². The Bertz CT molecular complexity index is 850. The summed E-state index contributed by atoms with van der Waals surface area (Å²) in [6.45, 7) is 4.79. The molecule has 132 valence electrons. The SMILES string of the molecule is CN=C(NCCCc1nnc2ccccn12)NC(C)c1ccc(C)o1. The Morgan fingerprint density at radius 3 is 2.92 bits per heavy atom. The van der Waals surface area contributed by atoms with E-state index < -0.39 is 0 Å². The molecule has 0 amide bonds. The summed E-state index contributed by atoms with van der Waals surface area (Å²) in [7, 11) is 1.77. The zero-order valence-electron chi connectivity index (χ0n) is 14.9. The third kappa shape index (κ3) is 4.17. The van der Waals surface area contributed by atoms with Gasteiger partial charge in [-0.2, -0.15) is 0 Å². The van der Waals surface area contributed by atoms with E-state index in [1.165, 1.54) is 0 Å². The van der Waals surface area contributed by atoms with Gasteiger partial charge in [-0.15, -0.1) is 10.2 Å². The predicted molar refractivity (Wildman–Crippen MR) is 97.7 cm³/mol. The van der Waals surface area contributed by atoms with Crippen molar-refractivity contribution in [2.24, 2.45) is 4.99 Å². The minimum absolute atomic E-state index is 0.0559. The molecule has 0 aromatic carbocycles. The first-order valence-corrected chi connectivity index (χ1v) is 8.49. The smallest absolute Gasteiger partial charge is 0.191 e. The fourth-order valence-corrected chi connectivity index (χ4v) is 2.67. The van der Waals surface area contributed by atoms with Crippen molar-refractivity contribution in [1.29, 1.82) is 0 Å². The monoisotopic (exact) mass is 340 g/mol. The summed E-state index contributed by atoms with van der Waals surface area (Å²) in [6.07, 6.45) is 3.78. The molecule has 3 aromatic heterocycles. The van der Waals surface area contributed by atoms with Crippen LogP contribution in [0, 0.1) is 6.92 Å². The highest BCUT2D eigenvalue weighted by Crippen LogP contribution is 2.15. The highest BCUT2D eigenvalue weighted by Gasteiger charge is 2.11. The van der Waals surface area contributed by atoms with Gasteiger partial charge in [-0.3, -0.25) is 9.39 Å². The largest absolute Gasteiger partial charge is 0.464 e. The van der Waals surface area contributed by atoms with Crippen molar-refractivity contribution in [3.8, 4) is 0 Å². The Kier molecular flexibility index (Phi) is 5.33. The van der Waals surface area contributed by atoms with E-state index in [1.54, 1.807) is 7.05 Å². The van der Waals surface area contributed by atoms with Gasteiger partial charge < -0.3 is 15.1 Å². The molecule has 0 spiro atoms. The minimum atomic E-state index is 0.0559. The summed E-state index contributed by atoms with van der Waals surface area (Å²) in [5, 5.41) is 15.1. The minimum Gasteiger partial charge on any atom is -0.464 e. The number of aliphatic imine (C=N–C) groups is 1. The van der Waals surface area contributed by atoms with E-state index in [0.717, 1.165) is 48.3 Å². The first-order valence-electron chi connectivity index (χ1n) is 8.49. The summed E-state index contributed by atoms with van der Waals surface area (Å²) < 4.78 is 7.67. The lowest BCUT2D eigenvalue weighted by Gasteiger charge is -2.16. The second-order valence-corrected chi connectivity index (χ2v) is 5.96. The van der Waals surface area contributed by atoms with Gasteiger partial charge in [0.2, 0.25) is 0 Å². The van der Waals surface area contributed by atoms with Gasteiger partial charge in [0.15, 0.2) is 11.6 Å². The normalized spacial score (nSPS) is 13.2. The van der Waals surface area contributed by atoms with Crippen LogP contribution in [0.1, 0.15) is 36.7 Å². The number of aromatic nitrogens is 3. The molecule has 0 fully saturated rings. The number of hydrogen-bond acceptors (Lipinski definition) is 4. The maximum absolute atomic E-state index is 5.64. The Balaban J connectivity index is 1.47. The van der Waals surface area contributed by atoms with Crippen LogP contribution < -0.4 is 10.6 Å². The number of nitrogens with one attached hydrogen (secondary N) is 2. The third-order valence-corrected chi connectivity index (χ3v) is 4.02. The van der Waals surface area contributed by atoms with E-state index >= 15 is 0 Å². The Labute approximate surface area is 147 Å². The molecule has 7 nitrogen and oxygen atoms in total. The van der Waals surface area contributed by atoms with Crippen LogP contribution in [0.5, 0.6) is 0 Å². The van der Waals surface area contributed by atoms with Crippen LogP contribution in [0.4, 0.5) is 0 Å². The first-order chi connectivity index (χ1) is 12.2. The van der Waals surface area contributed by atoms with Crippen LogP contribution in [-0.2, 0) is 6.42 Å². The third-order valence-electron chi connectivity index (χ3n) is 4.02. The van der Waals surface area contributed by atoms with Crippen LogP contribution in [0.2, 0.25) is 0 Å². The summed E-state index contributed by atoms with van der Waals surface area (Å²) in [6, 6.07) is 9.91. The van der Waals surface area contributed by atoms with Gasteiger partial charge in [0.1, 0.15) is 17.3 Å². The van der Waals surface area contributed by atoms with Gasteiger partial charge in [-0.25, -0.2) is 0 Å². The fraction of sp³-hybridized carbons (Fsp3) is 0.389. The van der Waals surface area contributed by atoms with E-state index in [0.29, 0.717) is 0 Å². The standard InChI is InChI=1S/C18H24N6O/c1-13-9-10-15(25-13)14(2)21-18(19-3)20-11-6-8-17-23-22-16-7-4-5-12-24(16)17/h4-5,7,9-10,12,14H,6,8,11H2,1-3H3,(H2,19,20,21). The van der Waals surface area contributed by atoms with E-state index in [9.17, 15) is 0 Å². The lowest BCUT2D eigenvalue weighted by atomic mass is 10.2. The van der Waals surface area contributed by atoms with E-state index in [1.807, 2.05) is 54.8 Å². The molecule has 0 aliphatic carbocycles. The molecule has 0 aliphatic heterocycles. The Hall–Kier alpha value is -2.83. The molecular weight excluding hydrogens is 316 g/mol. The van der Waals surface area contributed by atoms with Crippen molar-refractivity contribution in [1.82, 2.24) is 25.2 Å². The van der Waals surface area contributed by atoms with Crippen LogP contribution in [-0.4, -0.2) is 34.2 Å². The Morgan fingerprint density at radius 2 is 2.16 bits per heavy atom. The number of rotatable bonds is 6. The molecule has 0 radical (unpaired) electrons. The average molecular weight is 340 g/mol. The summed E-state index contributed by atoms with van der Waals surface area (Å²) >= 11 is 0. The van der Waals surface area contributed by atoms with E-state index in [2.05, 4.69) is 25.8 Å². The van der Waals surface area contributed by atoms with Crippen LogP contribution >= 0.6 is 0 Å². The molecule has 7 heteroatoms. The van der Waals surface area contributed by atoms with Crippen molar-refractivity contribution in [2.75, 3.05) is 13.6 Å². The highest BCUT2D eigenvalue weighted by molar-refractivity contribution is 5.79. The zero-order valence-corrected chi connectivity index (χ0v) is 14.9. The number of hydrogen-bond donors (Lipinski definition) is 2.